The van der Waals surface area contributed by atoms with Crippen molar-refractivity contribution in [1.82, 2.24) is 0 Å². The van der Waals surface area contributed by atoms with E-state index in [1.807, 2.05) is 13.8 Å². The van der Waals surface area contributed by atoms with Gasteiger partial charge in [0.2, 0.25) is 5.91 Å². The number of esters is 1. The van der Waals surface area contributed by atoms with E-state index in [1.165, 1.54) is 6.92 Å². The maximum Gasteiger partial charge on any atom is 0.311 e. The number of carbonyl (C=O) groups excluding carboxylic acids is 2. The molecule has 0 fully saturated rings. The molecule has 0 aliphatic rings. The zero-order chi connectivity index (χ0) is 15.3. The van der Waals surface area contributed by atoms with E-state index in [2.05, 4.69) is 5.32 Å². The van der Waals surface area contributed by atoms with Crippen LogP contribution in [0.5, 0.6) is 5.75 Å². The molecule has 0 bridgehead atoms. The molecule has 20 heavy (non-hydrogen) atoms. The Balaban J connectivity index is 2.91. The molecule has 0 heterocycles. The molecule has 0 atom stereocenters. The number of benzene rings is 1. The Morgan fingerprint density at radius 3 is 2.30 bits per heavy atom. The number of carboxylic acid groups (broad SMARTS) is 1. The summed E-state index contributed by atoms with van der Waals surface area (Å²) >= 11 is 0. The predicted octanol–water partition coefficient (Wildman–Crippen LogP) is 2.03. The molecule has 0 saturated heterocycles. The van der Waals surface area contributed by atoms with Crippen molar-refractivity contribution in [2.45, 2.75) is 33.6 Å². The molecule has 1 aromatic carbocycles. The van der Waals surface area contributed by atoms with E-state index in [9.17, 15) is 14.4 Å². The number of amides is 1. The molecule has 2 N–H and O–H groups in total. The molecule has 108 valence electrons. The van der Waals surface area contributed by atoms with Crippen LogP contribution in [-0.4, -0.2) is 23.0 Å². The van der Waals surface area contributed by atoms with E-state index in [1.54, 1.807) is 12.1 Å². The first-order chi connectivity index (χ1) is 9.29. The van der Waals surface area contributed by atoms with Gasteiger partial charge in [-0.25, -0.2) is 0 Å². The number of carboxylic acids is 1. The van der Waals surface area contributed by atoms with Crippen LogP contribution in [0.25, 0.3) is 0 Å². The van der Waals surface area contributed by atoms with E-state index < -0.39 is 11.9 Å². The molecular formula is C14H17NO5. The van der Waals surface area contributed by atoms with E-state index in [0.29, 0.717) is 5.69 Å². The molecule has 6 heteroatoms. The summed E-state index contributed by atoms with van der Waals surface area (Å²) in [6.45, 7) is 5.07. The summed E-state index contributed by atoms with van der Waals surface area (Å²) in [5.41, 5.74) is 2.24. The Bertz CT molecular complexity index is 551. The van der Waals surface area contributed by atoms with Gasteiger partial charge in [0.05, 0.1) is 18.5 Å². The lowest BCUT2D eigenvalue weighted by molar-refractivity contribution is -0.142. The molecule has 0 aromatic heterocycles. The minimum Gasteiger partial charge on any atom is -0.481 e. The van der Waals surface area contributed by atoms with Gasteiger partial charge in [-0.05, 0) is 37.1 Å². The highest BCUT2D eigenvalue weighted by Gasteiger charge is 2.13. The molecule has 0 aliphatic carbocycles. The topological polar surface area (TPSA) is 92.7 Å². The fourth-order valence-electron chi connectivity index (χ4n) is 1.54. The van der Waals surface area contributed by atoms with Crippen LogP contribution >= 0.6 is 0 Å². The van der Waals surface area contributed by atoms with Gasteiger partial charge in [0.25, 0.3) is 0 Å². The number of aliphatic carboxylic acids is 1. The SMILES string of the molecule is CC(=O)Nc1cc(C)c(C)cc1OC(=O)CCC(=O)O. The first kappa shape index (κ1) is 15.7. The summed E-state index contributed by atoms with van der Waals surface area (Å²) < 4.78 is 5.12. The lowest BCUT2D eigenvalue weighted by Gasteiger charge is -2.13. The van der Waals surface area contributed by atoms with Crippen molar-refractivity contribution >= 4 is 23.5 Å². The van der Waals surface area contributed by atoms with Gasteiger partial charge in [0.1, 0.15) is 0 Å². The molecule has 0 radical (unpaired) electrons. The van der Waals surface area contributed by atoms with Crippen molar-refractivity contribution < 1.29 is 24.2 Å². The van der Waals surface area contributed by atoms with Gasteiger partial charge in [0, 0.05) is 6.92 Å². The molecule has 0 saturated carbocycles. The molecule has 0 unspecified atom stereocenters. The molecule has 0 spiro atoms. The second-order valence-electron chi connectivity index (χ2n) is 4.48. The van der Waals surface area contributed by atoms with Crippen LogP contribution < -0.4 is 10.1 Å². The van der Waals surface area contributed by atoms with Gasteiger partial charge in [-0.3, -0.25) is 14.4 Å². The monoisotopic (exact) mass is 279 g/mol. The molecule has 1 rings (SSSR count). The third-order valence-corrected chi connectivity index (χ3v) is 2.67. The number of nitrogens with one attached hydrogen (secondary N) is 1. The Morgan fingerprint density at radius 2 is 1.75 bits per heavy atom. The van der Waals surface area contributed by atoms with Gasteiger partial charge in [-0.1, -0.05) is 0 Å². The molecule has 0 aliphatic heterocycles. The van der Waals surface area contributed by atoms with Gasteiger partial charge >= 0.3 is 11.9 Å². The summed E-state index contributed by atoms with van der Waals surface area (Å²) in [4.78, 5) is 33.1. The predicted molar refractivity (Wildman–Crippen MR) is 72.7 cm³/mol. The fourth-order valence-corrected chi connectivity index (χ4v) is 1.54. The van der Waals surface area contributed by atoms with E-state index in [0.717, 1.165) is 11.1 Å². The summed E-state index contributed by atoms with van der Waals surface area (Å²) in [7, 11) is 0. The minimum atomic E-state index is -1.07. The number of hydrogen-bond acceptors (Lipinski definition) is 4. The van der Waals surface area contributed by atoms with Crippen molar-refractivity contribution in [2.75, 3.05) is 5.32 Å². The van der Waals surface area contributed by atoms with Crippen LogP contribution in [0.1, 0.15) is 30.9 Å². The zero-order valence-electron chi connectivity index (χ0n) is 11.6. The zero-order valence-corrected chi connectivity index (χ0v) is 11.6. The van der Waals surface area contributed by atoms with E-state index >= 15 is 0 Å². The Morgan fingerprint density at radius 1 is 1.15 bits per heavy atom. The Hall–Kier alpha value is -2.37. The number of rotatable bonds is 5. The average Bonchev–Trinajstić information content (AvgIpc) is 2.32. The number of hydrogen-bond donors (Lipinski definition) is 2. The smallest absolute Gasteiger partial charge is 0.311 e. The van der Waals surface area contributed by atoms with Gasteiger partial charge < -0.3 is 15.2 Å². The lowest BCUT2D eigenvalue weighted by Crippen LogP contribution is -2.13. The first-order valence-electron chi connectivity index (χ1n) is 6.11. The molecule has 6 nitrogen and oxygen atoms in total. The van der Waals surface area contributed by atoms with Gasteiger partial charge in [-0.2, -0.15) is 0 Å². The Labute approximate surface area is 116 Å². The first-order valence-corrected chi connectivity index (χ1v) is 6.11. The fraction of sp³-hybridized carbons (Fsp3) is 0.357. The highest BCUT2D eigenvalue weighted by Crippen LogP contribution is 2.28. The van der Waals surface area contributed by atoms with Crippen molar-refractivity contribution in [3.63, 3.8) is 0 Å². The van der Waals surface area contributed by atoms with Crippen LogP contribution in [0.4, 0.5) is 5.69 Å². The summed E-state index contributed by atoms with van der Waals surface area (Å²) in [6, 6.07) is 3.34. The van der Waals surface area contributed by atoms with Crippen molar-refractivity contribution in [3.8, 4) is 5.75 Å². The van der Waals surface area contributed by atoms with Gasteiger partial charge in [0.15, 0.2) is 5.75 Å². The number of aryl methyl sites for hydroxylation is 2. The standard InChI is InChI=1S/C14H17NO5/c1-8-6-11(15-10(3)16)12(7-9(8)2)20-14(19)5-4-13(17)18/h6-7H,4-5H2,1-3H3,(H,15,16)(H,17,18). The molecular weight excluding hydrogens is 262 g/mol. The third kappa shape index (κ3) is 4.72. The lowest BCUT2D eigenvalue weighted by atomic mass is 10.1. The van der Waals surface area contributed by atoms with Crippen LogP contribution in [0.15, 0.2) is 12.1 Å². The van der Waals surface area contributed by atoms with E-state index in [-0.39, 0.29) is 24.5 Å². The van der Waals surface area contributed by atoms with Crippen molar-refractivity contribution in [3.05, 3.63) is 23.3 Å². The number of carbonyl (C=O) groups is 3. The quantitative estimate of drug-likeness (QED) is 0.635. The van der Waals surface area contributed by atoms with Gasteiger partial charge in [-0.15, -0.1) is 0 Å². The minimum absolute atomic E-state index is 0.220. The molecule has 1 aromatic rings. The number of ether oxygens (including phenoxy) is 1. The second kappa shape index (κ2) is 6.70. The number of anilines is 1. The van der Waals surface area contributed by atoms with Crippen LogP contribution in [0.3, 0.4) is 0 Å². The van der Waals surface area contributed by atoms with Crippen LogP contribution in [0.2, 0.25) is 0 Å². The van der Waals surface area contributed by atoms with Crippen LogP contribution in [-0.2, 0) is 14.4 Å². The van der Waals surface area contributed by atoms with Crippen molar-refractivity contribution in [2.24, 2.45) is 0 Å². The molecule has 1 amide bonds. The third-order valence-electron chi connectivity index (χ3n) is 2.67. The average molecular weight is 279 g/mol. The largest absolute Gasteiger partial charge is 0.481 e. The summed E-state index contributed by atoms with van der Waals surface area (Å²) in [6.07, 6.45) is -0.513. The van der Waals surface area contributed by atoms with Crippen molar-refractivity contribution in [1.29, 1.82) is 0 Å². The highest BCUT2D eigenvalue weighted by molar-refractivity contribution is 5.91. The second-order valence-corrected chi connectivity index (χ2v) is 4.48. The van der Waals surface area contributed by atoms with Crippen LogP contribution in [0, 0.1) is 13.8 Å². The van der Waals surface area contributed by atoms with E-state index in [4.69, 9.17) is 9.84 Å². The summed E-state index contributed by atoms with van der Waals surface area (Å²) in [5, 5.41) is 11.1. The highest BCUT2D eigenvalue weighted by atomic mass is 16.5. The maximum atomic E-state index is 11.6. The Kier molecular flexibility index (Phi) is 5.25. The maximum absolute atomic E-state index is 11.6. The normalized spacial score (nSPS) is 9.95. The summed E-state index contributed by atoms with van der Waals surface area (Å²) in [5.74, 6) is -1.78.